The Labute approximate surface area is 115 Å². The Balaban J connectivity index is 1.83. The predicted octanol–water partition coefficient (Wildman–Crippen LogP) is 2.64. The third kappa shape index (κ3) is 3.80. The maximum atomic E-state index is 10.9. The molecule has 0 radical (unpaired) electrons. The van der Waals surface area contributed by atoms with Crippen molar-refractivity contribution in [3.8, 4) is 0 Å². The summed E-state index contributed by atoms with van der Waals surface area (Å²) in [7, 11) is 0. The Morgan fingerprint density at radius 2 is 2.00 bits per heavy atom. The Bertz CT molecular complexity index is 448. The van der Waals surface area contributed by atoms with Gasteiger partial charge >= 0.3 is 5.97 Å². The van der Waals surface area contributed by atoms with Crippen LogP contribution in [0.5, 0.6) is 0 Å². The van der Waals surface area contributed by atoms with Gasteiger partial charge in [0.25, 0.3) is 0 Å². The van der Waals surface area contributed by atoms with Crippen LogP contribution in [0.2, 0.25) is 0 Å². The quantitative estimate of drug-likeness (QED) is 0.906. The zero-order valence-corrected chi connectivity index (χ0v) is 11.9. The SMILES string of the molecule is Cc1ccc(C)c(CCN2CCC(C(=O)O)CC2)c1. The molecular weight excluding hydrogens is 238 g/mol. The van der Waals surface area contributed by atoms with Crippen molar-refractivity contribution in [2.75, 3.05) is 19.6 Å². The Morgan fingerprint density at radius 3 is 2.63 bits per heavy atom. The van der Waals surface area contributed by atoms with E-state index in [1.54, 1.807) is 0 Å². The van der Waals surface area contributed by atoms with Gasteiger partial charge in [0.05, 0.1) is 5.92 Å². The average molecular weight is 261 g/mol. The number of piperidine rings is 1. The van der Waals surface area contributed by atoms with E-state index in [0.717, 1.165) is 38.9 Å². The maximum absolute atomic E-state index is 10.9. The number of hydrogen-bond acceptors (Lipinski definition) is 2. The van der Waals surface area contributed by atoms with Crippen LogP contribution in [-0.4, -0.2) is 35.6 Å². The monoisotopic (exact) mass is 261 g/mol. The summed E-state index contributed by atoms with van der Waals surface area (Å²) in [4.78, 5) is 13.3. The molecule has 0 atom stereocenters. The fourth-order valence-corrected chi connectivity index (χ4v) is 2.75. The van der Waals surface area contributed by atoms with Gasteiger partial charge in [-0.1, -0.05) is 23.8 Å². The van der Waals surface area contributed by atoms with Crippen LogP contribution in [0.4, 0.5) is 0 Å². The summed E-state index contributed by atoms with van der Waals surface area (Å²) in [6.07, 6.45) is 2.65. The lowest BCUT2D eigenvalue weighted by atomic mass is 9.96. The minimum absolute atomic E-state index is 0.128. The minimum atomic E-state index is -0.630. The highest BCUT2D eigenvalue weighted by Crippen LogP contribution is 2.18. The van der Waals surface area contributed by atoms with Crippen LogP contribution < -0.4 is 0 Å². The van der Waals surface area contributed by atoms with Crippen molar-refractivity contribution in [3.05, 3.63) is 34.9 Å². The van der Waals surface area contributed by atoms with Crippen molar-refractivity contribution in [1.29, 1.82) is 0 Å². The lowest BCUT2D eigenvalue weighted by Gasteiger charge is -2.30. The van der Waals surface area contributed by atoms with Crippen LogP contribution in [0.25, 0.3) is 0 Å². The van der Waals surface area contributed by atoms with Crippen molar-refractivity contribution in [2.45, 2.75) is 33.1 Å². The molecule has 0 saturated carbocycles. The molecule has 3 nitrogen and oxygen atoms in total. The van der Waals surface area contributed by atoms with Crippen molar-refractivity contribution in [3.63, 3.8) is 0 Å². The van der Waals surface area contributed by atoms with Crippen LogP contribution in [0.15, 0.2) is 18.2 Å². The minimum Gasteiger partial charge on any atom is -0.481 e. The molecule has 2 rings (SSSR count). The van der Waals surface area contributed by atoms with Crippen LogP contribution in [0.3, 0.4) is 0 Å². The van der Waals surface area contributed by atoms with Gasteiger partial charge in [-0.05, 0) is 57.3 Å². The zero-order chi connectivity index (χ0) is 13.8. The normalized spacial score (nSPS) is 17.6. The molecule has 19 heavy (non-hydrogen) atoms. The third-order valence-corrected chi connectivity index (χ3v) is 4.14. The summed E-state index contributed by atoms with van der Waals surface area (Å²) in [5.41, 5.74) is 4.08. The van der Waals surface area contributed by atoms with E-state index in [2.05, 4.69) is 36.9 Å². The first-order chi connectivity index (χ1) is 9.06. The van der Waals surface area contributed by atoms with E-state index < -0.39 is 5.97 Å². The fraction of sp³-hybridized carbons (Fsp3) is 0.562. The number of rotatable bonds is 4. The molecule has 0 spiro atoms. The highest BCUT2D eigenvalue weighted by molar-refractivity contribution is 5.70. The molecule has 0 amide bonds. The molecule has 1 heterocycles. The molecule has 1 N–H and O–H groups in total. The van der Waals surface area contributed by atoms with Gasteiger partial charge < -0.3 is 10.0 Å². The predicted molar refractivity (Wildman–Crippen MR) is 76.4 cm³/mol. The molecule has 104 valence electrons. The van der Waals surface area contributed by atoms with E-state index in [0.29, 0.717) is 0 Å². The number of nitrogens with zero attached hydrogens (tertiary/aromatic N) is 1. The van der Waals surface area contributed by atoms with E-state index in [1.807, 2.05) is 0 Å². The Morgan fingerprint density at radius 1 is 1.32 bits per heavy atom. The number of carboxylic acid groups (broad SMARTS) is 1. The lowest BCUT2D eigenvalue weighted by Crippen LogP contribution is -2.37. The van der Waals surface area contributed by atoms with Crippen molar-refractivity contribution >= 4 is 5.97 Å². The molecule has 3 heteroatoms. The molecular formula is C16H23NO2. The highest BCUT2D eigenvalue weighted by atomic mass is 16.4. The van der Waals surface area contributed by atoms with Gasteiger partial charge in [-0.25, -0.2) is 0 Å². The zero-order valence-electron chi connectivity index (χ0n) is 11.9. The van der Waals surface area contributed by atoms with Crippen LogP contribution in [0.1, 0.15) is 29.5 Å². The molecule has 1 aromatic carbocycles. The Kier molecular flexibility index (Phi) is 4.59. The topological polar surface area (TPSA) is 40.5 Å². The van der Waals surface area contributed by atoms with Crippen LogP contribution in [0, 0.1) is 19.8 Å². The van der Waals surface area contributed by atoms with Gasteiger partial charge in [-0.3, -0.25) is 4.79 Å². The number of aryl methyl sites for hydroxylation is 2. The maximum Gasteiger partial charge on any atom is 0.306 e. The van der Waals surface area contributed by atoms with E-state index in [1.165, 1.54) is 16.7 Å². The molecule has 0 aromatic heterocycles. The smallest absolute Gasteiger partial charge is 0.306 e. The number of aliphatic carboxylic acids is 1. The first-order valence-electron chi connectivity index (χ1n) is 7.07. The molecule has 1 aliphatic rings. The fourth-order valence-electron chi connectivity index (χ4n) is 2.75. The summed E-state index contributed by atoms with van der Waals surface area (Å²) in [5, 5.41) is 8.98. The van der Waals surface area contributed by atoms with Gasteiger partial charge in [-0.15, -0.1) is 0 Å². The second-order valence-electron chi connectivity index (χ2n) is 5.63. The number of likely N-dealkylation sites (tertiary alicyclic amines) is 1. The van der Waals surface area contributed by atoms with E-state index in [9.17, 15) is 4.79 Å². The van der Waals surface area contributed by atoms with E-state index >= 15 is 0 Å². The molecule has 0 aliphatic carbocycles. The van der Waals surface area contributed by atoms with Gasteiger partial charge in [-0.2, -0.15) is 0 Å². The number of benzene rings is 1. The summed E-state index contributed by atoms with van der Waals surface area (Å²) >= 11 is 0. The van der Waals surface area contributed by atoms with Crippen LogP contribution in [-0.2, 0) is 11.2 Å². The molecule has 1 aromatic rings. The molecule has 0 bridgehead atoms. The highest BCUT2D eigenvalue weighted by Gasteiger charge is 2.24. The standard InChI is InChI=1S/C16H23NO2/c1-12-3-4-13(2)15(11-12)7-10-17-8-5-14(6-9-17)16(18)19/h3-4,11,14H,5-10H2,1-2H3,(H,18,19). The van der Waals surface area contributed by atoms with Crippen molar-refractivity contribution in [1.82, 2.24) is 4.90 Å². The first-order valence-corrected chi connectivity index (χ1v) is 7.07. The van der Waals surface area contributed by atoms with Crippen LogP contribution >= 0.6 is 0 Å². The second kappa shape index (κ2) is 6.20. The van der Waals surface area contributed by atoms with Gasteiger partial charge in [0.2, 0.25) is 0 Å². The largest absolute Gasteiger partial charge is 0.481 e. The molecule has 0 unspecified atom stereocenters. The van der Waals surface area contributed by atoms with Crippen molar-refractivity contribution < 1.29 is 9.90 Å². The molecule has 1 aliphatic heterocycles. The van der Waals surface area contributed by atoms with Gasteiger partial charge in [0, 0.05) is 6.54 Å². The molecule has 1 saturated heterocycles. The lowest BCUT2D eigenvalue weighted by molar-refractivity contribution is -0.143. The summed E-state index contributed by atoms with van der Waals surface area (Å²) in [6, 6.07) is 6.60. The molecule has 1 fully saturated rings. The Hall–Kier alpha value is -1.35. The summed E-state index contributed by atoms with van der Waals surface area (Å²) in [6.45, 7) is 7.16. The number of carboxylic acids is 1. The third-order valence-electron chi connectivity index (χ3n) is 4.14. The van der Waals surface area contributed by atoms with Gasteiger partial charge in [0.15, 0.2) is 0 Å². The number of hydrogen-bond donors (Lipinski definition) is 1. The van der Waals surface area contributed by atoms with E-state index in [4.69, 9.17) is 5.11 Å². The second-order valence-corrected chi connectivity index (χ2v) is 5.63. The number of carbonyl (C=O) groups is 1. The van der Waals surface area contributed by atoms with Crippen molar-refractivity contribution in [2.24, 2.45) is 5.92 Å². The van der Waals surface area contributed by atoms with Gasteiger partial charge in [0.1, 0.15) is 0 Å². The summed E-state index contributed by atoms with van der Waals surface area (Å²) in [5.74, 6) is -0.758. The first kappa shape index (κ1) is 14.1. The summed E-state index contributed by atoms with van der Waals surface area (Å²) < 4.78 is 0. The average Bonchev–Trinajstić information content (AvgIpc) is 2.40. The van der Waals surface area contributed by atoms with E-state index in [-0.39, 0.29) is 5.92 Å².